The fourth-order valence-electron chi connectivity index (χ4n) is 2.72. The zero-order valence-corrected chi connectivity index (χ0v) is 13.9. The fourth-order valence-corrected chi connectivity index (χ4v) is 3.01. The topological polar surface area (TPSA) is 32.3 Å². The lowest BCUT2D eigenvalue weighted by Crippen LogP contribution is -2.35. The number of nitrogens with one attached hydrogen (secondary N) is 1. The summed E-state index contributed by atoms with van der Waals surface area (Å²) in [7, 11) is 0. The Kier molecular flexibility index (Phi) is 6.34. The van der Waals surface area contributed by atoms with E-state index >= 15 is 0 Å². The van der Waals surface area contributed by atoms with Crippen LogP contribution in [0.15, 0.2) is 18.2 Å². The first kappa shape index (κ1) is 16.6. The van der Waals surface area contributed by atoms with Crippen LogP contribution in [0.1, 0.15) is 32.6 Å². The van der Waals surface area contributed by atoms with Crippen LogP contribution in [-0.4, -0.2) is 25.5 Å². The molecule has 2 rings (SSSR count). The molecule has 5 heteroatoms. The maximum Gasteiger partial charge on any atom is 0.227 e. The second-order valence-corrected chi connectivity index (χ2v) is 6.36. The predicted octanol–water partition coefficient (Wildman–Crippen LogP) is 4.13. The van der Waals surface area contributed by atoms with Gasteiger partial charge in [-0.15, -0.1) is 0 Å². The van der Waals surface area contributed by atoms with E-state index in [-0.39, 0.29) is 5.91 Å². The Morgan fingerprint density at radius 1 is 1.29 bits per heavy atom. The lowest BCUT2D eigenvalue weighted by Gasteiger charge is -2.27. The molecule has 1 N–H and O–H groups in total. The van der Waals surface area contributed by atoms with Crippen molar-refractivity contribution in [2.75, 3.05) is 24.5 Å². The number of piperidine rings is 1. The summed E-state index contributed by atoms with van der Waals surface area (Å²) in [5.41, 5.74) is 0.838. The number of amides is 1. The number of rotatable bonds is 5. The zero-order valence-electron chi connectivity index (χ0n) is 12.4. The molecule has 3 nitrogen and oxygen atoms in total. The number of carbonyl (C=O) groups excluding carboxylic acids is 1. The number of hydrogen-bond donors (Lipinski definition) is 1. The van der Waals surface area contributed by atoms with Crippen LogP contribution in [0.5, 0.6) is 0 Å². The molecule has 1 amide bonds. The van der Waals surface area contributed by atoms with Crippen LogP contribution in [0.2, 0.25) is 10.0 Å². The molecule has 21 heavy (non-hydrogen) atoms. The van der Waals surface area contributed by atoms with Gasteiger partial charge >= 0.3 is 0 Å². The van der Waals surface area contributed by atoms with Gasteiger partial charge in [-0.2, -0.15) is 0 Å². The number of hydrogen-bond acceptors (Lipinski definition) is 2. The van der Waals surface area contributed by atoms with Crippen molar-refractivity contribution < 1.29 is 4.79 Å². The Bertz CT molecular complexity index is 487. The van der Waals surface area contributed by atoms with E-state index in [1.165, 1.54) is 0 Å². The normalized spacial score (nSPS) is 16.0. The number of nitrogens with zero attached hydrogens (tertiary/aromatic N) is 1. The molecule has 0 spiro atoms. The van der Waals surface area contributed by atoms with Gasteiger partial charge in [0.05, 0.1) is 10.0 Å². The van der Waals surface area contributed by atoms with Crippen LogP contribution in [0.4, 0.5) is 5.69 Å². The molecule has 116 valence electrons. The molecule has 1 fully saturated rings. The molecule has 1 heterocycles. The van der Waals surface area contributed by atoms with Crippen molar-refractivity contribution >= 4 is 34.8 Å². The van der Waals surface area contributed by atoms with Crippen molar-refractivity contribution in [3.63, 3.8) is 0 Å². The number of benzene rings is 1. The third-order valence-corrected chi connectivity index (χ3v) is 4.62. The molecule has 0 radical (unpaired) electrons. The molecule has 0 unspecified atom stereocenters. The summed E-state index contributed by atoms with van der Waals surface area (Å²) in [4.78, 5) is 14.5. The second kappa shape index (κ2) is 8.02. The van der Waals surface area contributed by atoms with Crippen LogP contribution < -0.4 is 10.2 Å². The minimum atomic E-state index is 0.183. The van der Waals surface area contributed by atoms with Gasteiger partial charge in [-0.3, -0.25) is 4.79 Å². The highest BCUT2D eigenvalue weighted by Crippen LogP contribution is 2.28. The molecule has 1 aromatic rings. The lowest BCUT2D eigenvalue weighted by molar-refractivity contribution is -0.119. The Labute approximate surface area is 136 Å². The summed E-state index contributed by atoms with van der Waals surface area (Å²) in [5.74, 6) is 0.669. The van der Waals surface area contributed by atoms with E-state index in [4.69, 9.17) is 23.2 Å². The zero-order chi connectivity index (χ0) is 15.2. The van der Waals surface area contributed by atoms with Gasteiger partial charge in [0.15, 0.2) is 0 Å². The Hall–Kier alpha value is -0.770. The summed E-state index contributed by atoms with van der Waals surface area (Å²) in [6.07, 6.45) is 3.68. The SMILES string of the molecule is CCCN(C(=O)CC1CCNCC1)c1ccc(Cl)c(Cl)c1. The minimum Gasteiger partial charge on any atom is -0.317 e. The van der Waals surface area contributed by atoms with E-state index in [1.807, 2.05) is 11.0 Å². The fraction of sp³-hybridized carbons (Fsp3) is 0.562. The summed E-state index contributed by atoms with van der Waals surface area (Å²) in [6.45, 7) is 4.81. The van der Waals surface area contributed by atoms with Crippen molar-refractivity contribution in [3.8, 4) is 0 Å². The maximum absolute atomic E-state index is 12.6. The van der Waals surface area contributed by atoms with Crippen molar-refractivity contribution in [3.05, 3.63) is 28.2 Å². The standard InChI is InChI=1S/C16H22Cl2N2O/c1-2-9-20(13-3-4-14(17)15(18)11-13)16(21)10-12-5-7-19-8-6-12/h3-4,11-12,19H,2,5-10H2,1H3. The van der Waals surface area contributed by atoms with Gasteiger partial charge in [0.25, 0.3) is 0 Å². The van der Waals surface area contributed by atoms with E-state index < -0.39 is 0 Å². The van der Waals surface area contributed by atoms with E-state index in [0.29, 0.717) is 28.9 Å². The average Bonchev–Trinajstić information content (AvgIpc) is 2.49. The monoisotopic (exact) mass is 328 g/mol. The van der Waals surface area contributed by atoms with Gasteiger partial charge in [0, 0.05) is 18.7 Å². The first-order chi connectivity index (χ1) is 10.1. The molecule has 1 saturated heterocycles. The Balaban J connectivity index is 2.09. The van der Waals surface area contributed by atoms with Gasteiger partial charge in [0.2, 0.25) is 5.91 Å². The molecule has 1 aromatic carbocycles. The molecular weight excluding hydrogens is 307 g/mol. The average molecular weight is 329 g/mol. The Morgan fingerprint density at radius 2 is 2.00 bits per heavy atom. The van der Waals surface area contributed by atoms with E-state index in [1.54, 1.807) is 12.1 Å². The van der Waals surface area contributed by atoms with E-state index in [0.717, 1.165) is 38.0 Å². The third kappa shape index (κ3) is 4.60. The highest BCUT2D eigenvalue weighted by Gasteiger charge is 2.22. The molecule has 0 aromatic heterocycles. The van der Waals surface area contributed by atoms with Crippen LogP contribution in [0, 0.1) is 5.92 Å². The maximum atomic E-state index is 12.6. The summed E-state index contributed by atoms with van der Waals surface area (Å²) < 4.78 is 0. The number of carbonyl (C=O) groups is 1. The van der Waals surface area contributed by atoms with Crippen LogP contribution in [0.3, 0.4) is 0 Å². The third-order valence-electron chi connectivity index (χ3n) is 3.89. The first-order valence-corrected chi connectivity index (χ1v) is 8.33. The van der Waals surface area contributed by atoms with Gasteiger partial charge in [-0.1, -0.05) is 30.1 Å². The van der Waals surface area contributed by atoms with Gasteiger partial charge in [0.1, 0.15) is 0 Å². The number of halogens is 2. The van der Waals surface area contributed by atoms with Crippen molar-refractivity contribution in [2.45, 2.75) is 32.6 Å². The summed E-state index contributed by atoms with van der Waals surface area (Å²) in [5, 5.41) is 4.34. The van der Waals surface area contributed by atoms with E-state index in [2.05, 4.69) is 12.2 Å². The van der Waals surface area contributed by atoms with Gasteiger partial charge in [-0.25, -0.2) is 0 Å². The van der Waals surface area contributed by atoms with E-state index in [9.17, 15) is 4.79 Å². The predicted molar refractivity (Wildman–Crippen MR) is 89.3 cm³/mol. The minimum absolute atomic E-state index is 0.183. The molecule has 0 bridgehead atoms. The lowest BCUT2D eigenvalue weighted by atomic mass is 9.94. The molecule has 1 aliphatic rings. The molecule has 0 saturated carbocycles. The molecule has 0 aliphatic carbocycles. The second-order valence-electron chi connectivity index (χ2n) is 5.54. The largest absolute Gasteiger partial charge is 0.317 e. The smallest absolute Gasteiger partial charge is 0.227 e. The van der Waals surface area contributed by atoms with Crippen molar-refractivity contribution in [1.82, 2.24) is 5.32 Å². The molecular formula is C16H22Cl2N2O. The summed E-state index contributed by atoms with van der Waals surface area (Å²) >= 11 is 12.0. The van der Waals surface area contributed by atoms with Crippen molar-refractivity contribution in [1.29, 1.82) is 0 Å². The van der Waals surface area contributed by atoms with Gasteiger partial charge in [-0.05, 0) is 56.5 Å². The Morgan fingerprint density at radius 3 is 2.62 bits per heavy atom. The first-order valence-electron chi connectivity index (χ1n) is 7.58. The quantitative estimate of drug-likeness (QED) is 0.881. The highest BCUT2D eigenvalue weighted by molar-refractivity contribution is 6.42. The summed E-state index contributed by atoms with van der Waals surface area (Å²) in [6, 6.07) is 5.39. The van der Waals surface area contributed by atoms with Crippen molar-refractivity contribution in [2.24, 2.45) is 5.92 Å². The molecule has 0 atom stereocenters. The van der Waals surface area contributed by atoms with Crippen LogP contribution in [-0.2, 0) is 4.79 Å². The van der Waals surface area contributed by atoms with Crippen LogP contribution in [0.25, 0.3) is 0 Å². The van der Waals surface area contributed by atoms with Crippen LogP contribution >= 0.6 is 23.2 Å². The van der Waals surface area contributed by atoms with Gasteiger partial charge < -0.3 is 10.2 Å². The highest BCUT2D eigenvalue weighted by atomic mass is 35.5. The molecule has 1 aliphatic heterocycles. The number of anilines is 1.